The molecule has 1 heterocycles. The van der Waals surface area contributed by atoms with Crippen LogP contribution >= 0.6 is 11.6 Å². The number of rotatable bonds is 6. The van der Waals surface area contributed by atoms with E-state index < -0.39 is 0 Å². The van der Waals surface area contributed by atoms with Crippen LogP contribution < -0.4 is 14.8 Å². The molecule has 0 unspecified atom stereocenters. The molecule has 0 radical (unpaired) electrons. The van der Waals surface area contributed by atoms with Crippen LogP contribution in [0.3, 0.4) is 0 Å². The molecule has 1 N–H and O–H groups in total. The van der Waals surface area contributed by atoms with E-state index in [-0.39, 0.29) is 5.91 Å². The van der Waals surface area contributed by atoms with Gasteiger partial charge in [0.25, 0.3) is 5.91 Å². The maximum Gasteiger partial charge on any atom is 0.256 e. The monoisotopic (exact) mass is 371 g/mol. The van der Waals surface area contributed by atoms with Crippen LogP contribution in [0.1, 0.15) is 15.9 Å². The van der Waals surface area contributed by atoms with Crippen LogP contribution in [0.2, 0.25) is 5.02 Å². The van der Waals surface area contributed by atoms with Crippen molar-refractivity contribution in [2.75, 3.05) is 19.5 Å². The van der Waals surface area contributed by atoms with Crippen molar-refractivity contribution < 1.29 is 14.3 Å². The third-order valence-corrected chi connectivity index (χ3v) is 4.01. The van der Waals surface area contributed by atoms with Gasteiger partial charge in [-0.3, -0.25) is 9.48 Å². The first-order valence-electron chi connectivity index (χ1n) is 7.88. The van der Waals surface area contributed by atoms with Gasteiger partial charge in [0.15, 0.2) is 0 Å². The summed E-state index contributed by atoms with van der Waals surface area (Å²) in [6, 6.07) is 12.5. The smallest absolute Gasteiger partial charge is 0.256 e. The first kappa shape index (κ1) is 17.8. The number of hydrogen-bond donors (Lipinski definition) is 1. The lowest BCUT2D eigenvalue weighted by molar-refractivity contribution is 0.102. The molecule has 6 nitrogen and oxygen atoms in total. The Balaban J connectivity index is 1.70. The van der Waals surface area contributed by atoms with Gasteiger partial charge in [-0.25, -0.2) is 0 Å². The molecule has 0 aliphatic heterocycles. The Morgan fingerprint density at radius 3 is 2.38 bits per heavy atom. The summed E-state index contributed by atoms with van der Waals surface area (Å²) in [6.45, 7) is 0.583. The zero-order valence-corrected chi connectivity index (χ0v) is 15.2. The van der Waals surface area contributed by atoms with Gasteiger partial charge in [0.1, 0.15) is 11.5 Å². The van der Waals surface area contributed by atoms with Gasteiger partial charge in [-0.05, 0) is 29.8 Å². The molecule has 0 aliphatic rings. The highest BCUT2D eigenvalue weighted by Gasteiger charge is 2.11. The largest absolute Gasteiger partial charge is 0.497 e. The number of carbonyl (C=O) groups is 1. The van der Waals surface area contributed by atoms with Gasteiger partial charge >= 0.3 is 0 Å². The van der Waals surface area contributed by atoms with Gasteiger partial charge in [-0.2, -0.15) is 5.10 Å². The van der Waals surface area contributed by atoms with Crippen LogP contribution in [0.5, 0.6) is 11.5 Å². The van der Waals surface area contributed by atoms with E-state index in [4.69, 9.17) is 21.1 Å². The number of amides is 1. The summed E-state index contributed by atoms with van der Waals surface area (Å²) >= 11 is 5.89. The van der Waals surface area contributed by atoms with Gasteiger partial charge in [-0.15, -0.1) is 0 Å². The van der Waals surface area contributed by atoms with Gasteiger partial charge in [0.05, 0.1) is 32.6 Å². The van der Waals surface area contributed by atoms with E-state index in [1.165, 1.54) is 14.2 Å². The molecule has 3 rings (SSSR count). The van der Waals surface area contributed by atoms with Gasteiger partial charge in [0, 0.05) is 22.8 Å². The molecule has 2 aromatic carbocycles. The van der Waals surface area contributed by atoms with Crippen LogP contribution in [0, 0.1) is 0 Å². The minimum atomic E-state index is -0.270. The average Bonchev–Trinajstić information content (AvgIpc) is 3.09. The molecule has 1 amide bonds. The van der Waals surface area contributed by atoms with Crippen LogP contribution in [-0.2, 0) is 6.54 Å². The standard InChI is InChI=1S/C19H18ClN3O3/c1-25-17-7-14(8-18(9-17)26-2)19(24)22-16-10-21-23(12-16)11-13-3-5-15(20)6-4-13/h3-10,12H,11H2,1-2H3,(H,22,24). The third-order valence-electron chi connectivity index (χ3n) is 3.76. The Labute approximate surface area is 156 Å². The van der Waals surface area contributed by atoms with E-state index in [1.54, 1.807) is 35.3 Å². The van der Waals surface area contributed by atoms with Crippen LogP contribution in [-0.4, -0.2) is 29.9 Å². The van der Waals surface area contributed by atoms with E-state index in [2.05, 4.69) is 10.4 Å². The maximum absolute atomic E-state index is 12.5. The van der Waals surface area contributed by atoms with Gasteiger partial charge in [0.2, 0.25) is 0 Å². The topological polar surface area (TPSA) is 65.4 Å². The van der Waals surface area contributed by atoms with Crippen molar-refractivity contribution in [2.24, 2.45) is 0 Å². The minimum Gasteiger partial charge on any atom is -0.497 e. The number of nitrogens with zero attached hydrogens (tertiary/aromatic N) is 2. The van der Waals surface area contributed by atoms with Gasteiger partial charge in [-0.1, -0.05) is 23.7 Å². The number of benzene rings is 2. The number of anilines is 1. The summed E-state index contributed by atoms with van der Waals surface area (Å²) in [4.78, 5) is 12.5. The Kier molecular flexibility index (Phi) is 5.43. The molecular formula is C19H18ClN3O3. The van der Waals surface area contributed by atoms with E-state index in [1.807, 2.05) is 24.3 Å². The van der Waals surface area contributed by atoms with Crippen molar-refractivity contribution in [1.29, 1.82) is 0 Å². The average molecular weight is 372 g/mol. The summed E-state index contributed by atoms with van der Waals surface area (Å²) in [5, 5.41) is 7.78. The second kappa shape index (κ2) is 7.93. The summed E-state index contributed by atoms with van der Waals surface area (Å²) in [7, 11) is 3.08. The number of nitrogens with one attached hydrogen (secondary N) is 1. The van der Waals surface area contributed by atoms with E-state index in [9.17, 15) is 4.79 Å². The first-order valence-corrected chi connectivity index (χ1v) is 8.26. The number of carbonyl (C=O) groups excluding carboxylic acids is 1. The predicted molar refractivity (Wildman–Crippen MR) is 100 cm³/mol. The zero-order chi connectivity index (χ0) is 18.5. The lowest BCUT2D eigenvalue weighted by Crippen LogP contribution is -2.11. The number of ether oxygens (including phenoxy) is 2. The molecule has 134 valence electrons. The molecule has 0 atom stereocenters. The Morgan fingerprint density at radius 2 is 1.77 bits per heavy atom. The molecule has 0 bridgehead atoms. The normalized spacial score (nSPS) is 10.4. The number of aromatic nitrogens is 2. The fourth-order valence-electron chi connectivity index (χ4n) is 2.43. The van der Waals surface area contributed by atoms with Crippen LogP contribution in [0.4, 0.5) is 5.69 Å². The molecule has 1 aromatic heterocycles. The SMILES string of the molecule is COc1cc(OC)cc(C(=O)Nc2cnn(Cc3ccc(Cl)cc3)c2)c1. The van der Waals surface area contributed by atoms with Crippen molar-refractivity contribution in [3.05, 3.63) is 71.0 Å². The van der Waals surface area contributed by atoms with Crippen molar-refractivity contribution in [3.63, 3.8) is 0 Å². The van der Waals surface area contributed by atoms with Crippen molar-refractivity contribution in [3.8, 4) is 11.5 Å². The maximum atomic E-state index is 12.5. The van der Waals surface area contributed by atoms with E-state index >= 15 is 0 Å². The highest BCUT2D eigenvalue weighted by Crippen LogP contribution is 2.23. The number of hydrogen-bond acceptors (Lipinski definition) is 4. The van der Waals surface area contributed by atoms with Crippen LogP contribution in [0.25, 0.3) is 0 Å². The highest BCUT2D eigenvalue weighted by molar-refractivity contribution is 6.30. The van der Waals surface area contributed by atoms with E-state index in [0.717, 1.165) is 5.56 Å². The molecule has 3 aromatic rings. The minimum absolute atomic E-state index is 0.270. The van der Waals surface area contributed by atoms with Crippen molar-refractivity contribution >= 4 is 23.2 Å². The van der Waals surface area contributed by atoms with Crippen molar-refractivity contribution in [1.82, 2.24) is 9.78 Å². The molecule has 0 saturated heterocycles. The Bertz CT molecular complexity index is 884. The molecule has 0 saturated carbocycles. The summed E-state index contributed by atoms with van der Waals surface area (Å²) in [6.07, 6.45) is 3.37. The summed E-state index contributed by atoms with van der Waals surface area (Å²) in [5.74, 6) is 0.828. The zero-order valence-electron chi connectivity index (χ0n) is 14.4. The lowest BCUT2D eigenvalue weighted by Gasteiger charge is -2.08. The van der Waals surface area contributed by atoms with Crippen molar-refractivity contribution in [2.45, 2.75) is 6.54 Å². The fourth-order valence-corrected chi connectivity index (χ4v) is 2.56. The predicted octanol–water partition coefficient (Wildman–Crippen LogP) is 3.85. The molecule has 0 spiro atoms. The molecule has 0 aliphatic carbocycles. The number of methoxy groups -OCH3 is 2. The second-order valence-electron chi connectivity index (χ2n) is 5.61. The molecular weight excluding hydrogens is 354 g/mol. The van der Waals surface area contributed by atoms with Crippen LogP contribution in [0.15, 0.2) is 54.9 Å². The quantitative estimate of drug-likeness (QED) is 0.714. The molecule has 7 heteroatoms. The molecule has 0 fully saturated rings. The summed E-state index contributed by atoms with van der Waals surface area (Å²) in [5.41, 5.74) is 2.10. The molecule has 26 heavy (non-hydrogen) atoms. The van der Waals surface area contributed by atoms with E-state index in [0.29, 0.717) is 34.3 Å². The highest BCUT2D eigenvalue weighted by atomic mass is 35.5. The first-order chi connectivity index (χ1) is 12.6. The van der Waals surface area contributed by atoms with Gasteiger partial charge < -0.3 is 14.8 Å². The second-order valence-corrected chi connectivity index (χ2v) is 6.04. The summed E-state index contributed by atoms with van der Waals surface area (Å²) < 4.78 is 12.1. The Hall–Kier alpha value is -2.99. The third kappa shape index (κ3) is 4.34. The fraction of sp³-hybridized carbons (Fsp3) is 0.158. The Morgan fingerprint density at radius 1 is 1.12 bits per heavy atom. The number of halogens is 1. The lowest BCUT2D eigenvalue weighted by atomic mass is 10.2.